The maximum atomic E-state index is 11.9. The van der Waals surface area contributed by atoms with E-state index in [-0.39, 0.29) is 5.91 Å². The van der Waals surface area contributed by atoms with Crippen molar-refractivity contribution in [2.45, 2.75) is 25.7 Å². The van der Waals surface area contributed by atoms with Crippen LogP contribution in [0, 0.1) is 0 Å². The third kappa shape index (κ3) is 1.91. The minimum Gasteiger partial charge on any atom is -0.321 e. The highest BCUT2D eigenvalue weighted by molar-refractivity contribution is 6.31. The summed E-state index contributed by atoms with van der Waals surface area (Å²) in [5, 5.41) is 2.90. The molecule has 0 radical (unpaired) electrons. The van der Waals surface area contributed by atoms with Gasteiger partial charge in [-0.15, -0.1) is 0 Å². The molecule has 86 valence electrons. The van der Waals surface area contributed by atoms with Crippen LogP contribution in [0.1, 0.15) is 31.2 Å². The fraction of sp³-hybridized carbons (Fsp3) is 0.267. The second kappa shape index (κ2) is 4.21. The van der Waals surface area contributed by atoms with Gasteiger partial charge in [-0.25, -0.2) is 0 Å². The average Bonchev–Trinajstić information content (AvgIpc) is 2.68. The number of benzene rings is 1. The minimum atomic E-state index is 0.0256. The van der Waals surface area contributed by atoms with Crippen molar-refractivity contribution in [2.24, 2.45) is 0 Å². The van der Waals surface area contributed by atoms with Crippen molar-refractivity contribution in [3.63, 3.8) is 0 Å². The smallest absolute Gasteiger partial charge is 0.256 e. The number of amides is 1. The standard InChI is InChI=1S/C15H15NO/c17-15-13(10-11-6-2-1-3-7-11)12-8-4-5-9-14(12)16-15/h4-6,8-10H,1-3,7H2,(H,16,17)/b13-10-. The van der Waals surface area contributed by atoms with Crippen LogP contribution in [0.15, 0.2) is 42.0 Å². The highest BCUT2D eigenvalue weighted by Crippen LogP contribution is 2.33. The molecule has 2 aliphatic rings. The van der Waals surface area contributed by atoms with Crippen LogP contribution in [0.5, 0.6) is 0 Å². The summed E-state index contributed by atoms with van der Waals surface area (Å²) < 4.78 is 0. The molecule has 0 aromatic heterocycles. The lowest BCUT2D eigenvalue weighted by atomic mass is 9.96. The number of hydrogen-bond acceptors (Lipinski definition) is 1. The summed E-state index contributed by atoms with van der Waals surface area (Å²) in [7, 11) is 0. The molecular weight excluding hydrogens is 210 g/mol. The molecule has 0 atom stereocenters. The van der Waals surface area contributed by atoms with E-state index in [0.29, 0.717) is 0 Å². The first-order valence-corrected chi connectivity index (χ1v) is 6.16. The van der Waals surface area contributed by atoms with Crippen molar-refractivity contribution in [3.8, 4) is 0 Å². The van der Waals surface area contributed by atoms with Gasteiger partial charge in [0.2, 0.25) is 0 Å². The van der Waals surface area contributed by atoms with Gasteiger partial charge in [-0.05, 0) is 37.8 Å². The van der Waals surface area contributed by atoms with E-state index in [4.69, 9.17) is 0 Å². The van der Waals surface area contributed by atoms with E-state index in [1.807, 2.05) is 24.3 Å². The number of hydrogen-bond donors (Lipinski definition) is 1. The molecule has 1 aromatic rings. The molecule has 1 aliphatic carbocycles. The Kier molecular flexibility index (Phi) is 2.56. The van der Waals surface area contributed by atoms with Crippen molar-refractivity contribution < 1.29 is 4.79 Å². The normalized spacial score (nSPS) is 21.1. The Labute approximate surface area is 101 Å². The van der Waals surface area contributed by atoms with E-state index in [2.05, 4.69) is 17.5 Å². The van der Waals surface area contributed by atoms with E-state index in [1.54, 1.807) is 0 Å². The molecule has 2 heteroatoms. The van der Waals surface area contributed by atoms with Gasteiger partial charge in [0.25, 0.3) is 5.91 Å². The molecule has 1 aromatic carbocycles. The first kappa shape index (κ1) is 10.3. The van der Waals surface area contributed by atoms with Gasteiger partial charge in [0.05, 0.1) is 0 Å². The predicted molar refractivity (Wildman–Crippen MR) is 69.6 cm³/mol. The molecule has 3 rings (SSSR count). The number of anilines is 1. The van der Waals surface area contributed by atoms with Crippen molar-refractivity contribution >= 4 is 17.2 Å². The molecule has 0 spiro atoms. The lowest BCUT2D eigenvalue weighted by Crippen LogP contribution is -2.04. The van der Waals surface area contributed by atoms with Gasteiger partial charge in [0.1, 0.15) is 0 Å². The SMILES string of the molecule is O=C1Nc2ccccc2/C1=C/C1=CCCCC1. The summed E-state index contributed by atoms with van der Waals surface area (Å²) in [6, 6.07) is 7.87. The fourth-order valence-corrected chi connectivity index (χ4v) is 2.46. The lowest BCUT2D eigenvalue weighted by Gasteiger charge is -2.09. The summed E-state index contributed by atoms with van der Waals surface area (Å²) in [4.78, 5) is 11.9. The molecule has 1 aliphatic heterocycles. The molecule has 0 saturated carbocycles. The second-order valence-electron chi connectivity index (χ2n) is 4.58. The maximum Gasteiger partial charge on any atom is 0.256 e. The van der Waals surface area contributed by atoms with Crippen molar-refractivity contribution in [1.29, 1.82) is 0 Å². The van der Waals surface area contributed by atoms with E-state index in [1.165, 1.54) is 18.4 Å². The van der Waals surface area contributed by atoms with Crippen molar-refractivity contribution in [1.82, 2.24) is 0 Å². The number of nitrogens with one attached hydrogen (secondary N) is 1. The second-order valence-corrected chi connectivity index (χ2v) is 4.58. The lowest BCUT2D eigenvalue weighted by molar-refractivity contribution is -0.110. The molecular formula is C15H15NO. The Balaban J connectivity index is 2.00. The summed E-state index contributed by atoms with van der Waals surface area (Å²) in [6.07, 6.45) is 9.06. The Hall–Kier alpha value is -1.83. The van der Waals surface area contributed by atoms with Crippen LogP contribution < -0.4 is 5.32 Å². The summed E-state index contributed by atoms with van der Waals surface area (Å²) in [6.45, 7) is 0. The monoisotopic (exact) mass is 225 g/mol. The van der Waals surface area contributed by atoms with Gasteiger partial charge in [0, 0.05) is 16.8 Å². The van der Waals surface area contributed by atoms with Crippen molar-refractivity contribution in [3.05, 3.63) is 47.6 Å². The first-order valence-electron chi connectivity index (χ1n) is 6.16. The molecule has 0 bridgehead atoms. The zero-order valence-corrected chi connectivity index (χ0v) is 9.70. The quantitative estimate of drug-likeness (QED) is 0.728. The van der Waals surface area contributed by atoms with Crippen LogP contribution >= 0.6 is 0 Å². The van der Waals surface area contributed by atoms with Crippen LogP contribution in [0.3, 0.4) is 0 Å². The predicted octanol–water partition coefficient (Wildman–Crippen LogP) is 3.52. The summed E-state index contributed by atoms with van der Waals surface area (Å²) in [5.41, 5.74) is 4.08. The van der Waals surface area contributed by atoms with E-state index in [0.717, 1.165) is 29.7 Å². The topological polar surface area (TPSA) is 29.1 Å². The van der Waals surface area contributed by atoms with Crippen LogP contribution in [0.4, 0.5) is 5.69 Å². The van der Waals surface area contributed by atoms with Gasteiger partial charge in [-0.2, -0.15) is 0 Å². The third-order valence-corrected chi connectivity index (χ3v) is 3.37. The van der Waals surface area contributed by atoms with Gasteiger partial charge < -0.3 is 5.32 Å². The Morgan fingerprint density at radius 1 is 1.18 bits per heavy atom. The highest BCUT2D eigenvalue weighted by atomic mass is 16.1. The number of fused-ring (bicyclic) bond motifs is 1. The van der Waals surface area contributed by atoms with Gasteiger partial charge in [-0.3, -0.25) is 4.79 Å². The Morgan fingerprint density at radius 3 is 2.88 bits per heavy atom. The highest BCUT2D eigenvalue weighted by Gasteiger charge is 2.23. The number of para-hydroxylation sites is 1. The van der Waals surface area contributed by atoms with Crippen molar-refractivity contribution in [2.75, 3.05) is 5.32 Å². The molecule has 0 fully saturated rings. The number of carbonyl (C=O) groups is 1. The number of carbonyl (C=O) groups excluding carboxylic acids is 1. The van der Waals surface area contributed by atoms with Crippen LogP contribution in [-0.4, -0.2) is 5.91 Å². The zero-order chi connectivity index (χ0) is 11.7. The summed E-state index contributed by atoms with van der Waals surface area (Å²) in [5.74, 6) is 0.0256. The Bertz CT molecular complexity index is 525. The van der Waals surface area contributed by atoms with Gasteiger partial charge in [-0.1, -0.05) is 29.8 Å². The fourth-order valence-electron chi connectivity index (χ4n) is 2.46. The number of allylic oxidation sites excluding steroid dienone is 3. The molecule has 0 unspecified atom stereocenters. The summed E-state index contributed by atoms with van der Waals surface area (Å²) >= 11 is 0. The molecule has 0 saturated heterocycles. The van der Waals surface area contributed by atoms with Gasteiger partial charge in [0.15, 0.2) is 0 Å². The van der Waals surface area contributed by atoms with Gasteiger partial charge >= 0.3 is 0 Å². The van der Waals surface area contributed by atoms with Crippen LogP contribution in [0.25, 0.3) is 5.57 Å². The molecule has 1 amide bonds. The average molecular weight is 225 g/mol. The molecule has 1 heterocycles. The zero-order valence-electron chi connectivity index (χ0n) is 9.70. The largest absolute Gasteiger partial charge is 0.321 e. The molecule has 2 nitrogen and oxygen atoms in total. The maximum absolute atomic E-state index is 11.9. The molecule has 17 heavy (non-hydrogen) atoms. The number of rotatable bonds is 1. The third-order valence-electron chi connectivity index (χ3n) is 3.37. The minimum absolute atomic E-state index is 0.0256. The van der Waals surface area contributed by atoms with E-state index < -0.39 is 0 Å². The van der Waals surface area contributed by atoms with E-state index in [9.17, 15) is 4.79 Å². The van der Waals surface area contributed by atoms with Crippen LogP contribution in [-0.2, 0) is 4.79 Å². The van der Waals surface area contributed by atoms with Crippen LogP contribution in [0.2, 0.25) is 0 Å². The first-order chi connectivity index (χ1) is 8.34. The Morgan fingerprint density at radius 2 is 2.06 bits per heavy atom. The van der Waals surface area contributed by atoms with E-state index >= 15 is 0 Å². The molecule has 1 N–H and O–H groups in total.